The Balaban J connectivity index is 0.000000345. The summed E-state index contributed by atoms with van der Waals surface area (Å²) in [4.78, 5) is 30.8. The van der Waals surface area contributed by atoms with Crippen molar-refractivity contribution in [3.63, 3.8) is 0 Å². The number of ether oxygens (including phenoxy) is 2. The number of hydrogen-bond acceptors (Lipinski definition) is 15. The van der Waals surface area contributed by atoms with Gasteiger partial charge in [-0.3, -0.25) is 4.79 Å². The minimum Gasteiger partial charge on any atom is -0.497 e. The zero-order valence-electron chi connectivity index (χ0n) is 26.7. The van der Waals surface area contributed by atoms with Gasteiger partial charge in [-0.15, -0.1) is 0 Å². The lowest BCUT2D eigenvalue weighted by Gasteiger charge is -2.13. The molecule has 4 aromatic rings. The van der Waals surface area contributed by atoms with Crippen LogP contribution < -0.4 is 16.2 Å². The van der Waals surface area contributed by atoms with E-state index in [2.05, 4.69) is 31.0 Å². The van der Waals surface area contributed by atoms with Crippen LogP contribution in [0.25, 0.3) is 22.6 Å². The number of nitrogens with zero attached hydrogens (tertiary/aromatic N) is 4. The number of aliphatic hydroxyl groups is 1. The molecule has 0 aliphatic rings. The van der Waals surface area contributed by atoms with Gasteiger partial charge in [0, 0.05) is 21.9 Å². The molecule has 2 atom stereocenters. The van der Waals surface area contributed by atoms with Crippen LogP contribution >= 0.6 is 35.4 Å². The van der Waals surface area contributed by atoms with Crippen molar-refractivity contribution in [2.45, 2.75) is 49.6 Å². The lowest BCUT2D eigenvalue weighted by molar-refractivity contribution is -0.144. The first-order chi connectivity index (χ1) is 23.5. The number of oxazole rings is 1. The largest absolute Gasteiger partial charge is 0.497 e. The Morgan fingerprint density at radius 1 is 1.06 bits per heavy atom. The van der Waals surface area contributed by atoms with E-state index >= 15 is 0 Å². The van der Waals surface area contributed by atoms with Gasteiger partial charge in [-0.05, 0) is 55.3 Å². The summed E-state index contributed by atoms with van der Waals surface area (Å²) in [7, 11) is 1.57. The second-order valence-electron chi connectivity index (χ2n) is 10.0. The summed E-state index contributed by atoms with van der Waals surface area (Å²) in [6.07, 6.45) is 1.22. The predicted molar refractivity (Wildman–Crippen MR) is 186 cm³/mol. The smallest absolute Gasteiger partial charge is 0.335 e. The van der Waals surface area contributed by atoms with E-state index in [0.717, 1.165) is 5.56 Å². The van der Waals surface area contributed by atoms with Gasteiger partial charge >= 0.3 is 11.9 Å². The van der Waals surface area contributed by atoms with E-state index < -0.39 is 24.1 Å². The summed E-state index contributed by atoms with van der Waals surface area (Å²) in [5, 5.41) is 29.5. The van der Waals surface area contributed by atoms with Crippen LogP contribution in [0.5, 0.6) is 5.75 Å². The molecule has 256 valence electrons. The van der Waals surface area contributed by atoms with E-state index in [1.54, 1.807) is 56.7 Å². The number of halogens is 1. The third-order valence-corrected chi connectivity index (χ3v) is 8.16. The Bertz CT molecular complexity index is 1810. The molecule has 2 heterocycles. The first-order valence-corrected chi connectivity index (χ1v) is 16.8. The number of carbonyl (C=O) groups is 2. The van der Waals surface area contributed by atoms with Crippen molar-refractivity contribution >= 4 is 53.2 Å². The summed E-state index contributed by atoms with van der Waals surface area (Å²) < 4.78 is 20.1. The fourth-order valence-corrected chi connectivity index (χ4v) is 5.36. The number of esters is 1. The number of nitrogen functional groups attached to an aromatic ring is 1. The molecule has 4 rings (SSSR count). The Labute approximate surface area is 296 Å². The van der Waals surface area contributed by atoms with Crippen molar-refractivity contribution in [2.75, 3.05) is 18.8 Å². The summed E-state index contributed by atoms with van der Waals surface area (Å²) in [5.74, 6) is 0.396. The van der Waals surface area contributed by atoms with E-state index in [9.17, 15) is 20.1 Å². The Morgan fingerprint density at radius 2 is 1.71 bits per heavy atom. The molecule has 0 aliphatic heterocycles. The van der Waals surface area contributed by atoms with Gasteiger partial charge < -0.3 is 34.6 Å². The van der Waals surface area contributed by atoms with Gasteiger partial charge in [0.2, 0.25) is 5.89 Å². The van der Waals surface area contributed by atoms with Crippen molar-refractivity contribution < 1.29 is 32.8 Å². The van der Waals surface area contributed by atoms with Gasteiger partial charge in [0.25, 0.3) is 0 Å². The SMILES string of the molecule is CC[C@H](N)C(=O)OSCOC(=O)CC(C)O.COc1ccc(-c2c(C#N)c(N)nc(SCc3coc(-c4ccc(Cl)cc4)n3)c2C#N)cc1. The first kappa shape index (κ1) is 38.7. The summed E-state index contributed by atoms with van der Waals surface area (Å²) >= 11 is 7.93. The summed E-state index contributed by atoms with van der Waals surface area (Å²) in [5.41, 5.74) is 14.5. The number of aromatic nitrogens is 2. The maximum atomic E-state index is 11.0. The highest BCUT2D eigenvalue weighted by atomic mass is 35.5. The molecule has 0 saturated heterocycles. The lowest BCUT2D eigenvalue weighted by atomic mass is 9.97. The average molecular weight is 725 g/mol. The quantitative estimate of drug-likeness (QED) is 0.0482. The molecule has 2 aromatic heterocycles. The number of carbonyl (C=O) groups excluding carboxylic acids is 2. The van der Waals surface area contributed by atoms with Gasteiger partial charge in [0.15, 0.2) is 5.94 Å². The van der Waals surface area contributed by atoms with Crippen LogP contribution in [-0.2, 0) is 24.3 Å². The highest BCUT2D eigenvalue weighted by molar-refractivity contribution is 7.98. The van der Waals surface area contributed by atoms with E-state index in [1.807, 2.05) is 12.1 Å². The number of benzene rings is 2. The number of nitrogens with two attached hydrogens (primary N) is 2. The minimum atomic E-state index is -0.742. The molecule has 2 aromatic carbocycles. The molecule has 5 N–H and O–H groups in total. The standard InChI is InChI=1S/C24H16ClN5O2S.C9H17NO5S/c1-31-18-8-4-14(5-9-18)21-19(10-26)22(28)30-24(20(21)11-27)33-13-17-12-32-23(29-17)15-2-6-16(25)7-3-15;1-3-7(10)9(13)15-16-5-14-8(12)4-6(2)11/h2-9,12H,13H2,1H3,(H2,28,30);6-7,11H,3-5,10H2,1-2H3/t;6?,7-/m.0/s1. The molecular formula is C33H33ClN6O7S2. The van der Waals surface area contributed by atoms with Crippen molar-refractivity contribution in [1.29, 1.82) is 10.5 Å². The maximum Gasteiger partial charge on any atom is 0.335 e. The second-order valence-corrected chi connectivity index (χ2v) is 12.1. The molecule has 0 bridgehead atoms. The third kappa shape index (κ3) is 11.4. The molecular weight excluding hydrogens is 692 g/mol. The number of aliphatic hydroxyl groups excluding tert-OH is 1. The van der Waals surface area contributed by atoms with Gasteiger partial charge in [-0.25, -0.2) is 14.8 Å². The number of anilines is 1. The Kier molecular flexibility index (Phi) is 15.2. The fraction of sp³-hybridized carbons (Fsp3) is 0.273. The van der Waals surface area contributed by atoms with Crippen LogP contribution in [0.1, 0.15) is 43.5 Å². The van der Waals surface area contributed by atoms with Crippen molar-refractivity contribution in [3.8, 4) is 40.5 Å². The minimum absolute atomic E-state index is 0.0619. The van der Waals surface area contributed by atoms with Crippen LogP contribution in [-0.4, -0.2) is 52.2 Å². The van der Waals surface area contributed by atoms with Crippen LogP contribution in [0.15, 0.2) is 64.2 Å². The van der Waals surface area contributed by atoms with Crippen molar-refractivity contribution in [3.05, 3.63) is 76.6 Å². The number of hydrogen-bond donors (Lipinski definition) is 3. The second kappa shape index (κ2) is 19.3. The zero-order valence-corrected chi connectivity index (χ0v) is 29.1. The van der Waals surface area contributed by atoms with Crippen molar-refractivity contribution in [2.24, 2.45) is 5.73 Å². The number of thioether (sulfide) groups is 1. The molecule has 13 nitrogen and oxygen atoms in total. The average Bonchev–Trinajstić information content (AvgIpc) is 3.57. The van der Waals surface area contributed by atoms with Gasteiger partial charge in [-0.2, -0.15) is 10.5 Å². The van der Waals surface area contributed by atoms with E-state index in [4.69, 9.17) is 37.3 Å². The third-order valence-electron chi connectivity index (χ3n) is 6.41. The Hall–Kier alpha value is -4.77. The van der Waals surface area contributed by atoms with Crippen LogP contribution in [0, 0.1) is 22.7 Å². The normalized spacial score (nSPS) is 11.6. The number of pyridine rings is 1. The van der Waals surface area contributed by atoms with E-state index in [1.165, 1.54) is 18.7 Å². The number of rotatable bonds is 13. The molecule has 0 saturated carbocycles. The molecule has 0 amide bonds. The molecule has 0 aliphatic carbocycles. The molecule has 1 unspecified atom stereocenters. The lowest BCUT2D eigenvalue weighted by Crippen LogP contribution is -2.30. The topological polar surface area (TPSA) is 221 Å². The molecule has 0 spiro atoms. The first-order valence-electron chi connectivity index (χ1n) is 14.5. The van der Waals surface area contributed by atoms with E-state index in [0.29, 0.717) is 62.7 Å². The Morgan fingerprint density at radius 3 is 2.31 bits per heavy atom. The van der Waals surface area contributed by atoms with Crippen LogP contribution in [0.2, 0.25) is 5.02 Å². The predicted octanol–water partition coefficient (Wildman–Crippen LogP) is 5.87. The number of nitriles is 2. The van der Waals surface area contributed by atoms with Crippen molar-refractivity contribution in [1.82, 2.24) is 9.97 Å². The number of methoxy groups -OCH3 is 1. The highest BCUT2D eigenvalue weighted by Gasteiger charge is 2.21. The molecule has 0 radical (unpaired) electrons. The van der Waals surface area contributed by atoms with Gasteiger partial charge in [-0.1, -0.05) is 42.4 Å². The summed E-state index contributed by atoms with van der Waals surface area (Å²) in [6.45, 7) is 3.24. The maximum absolute atomic E-state index is 11.0. The monoisotopic (exact) mass is 724 g/mol. The summed E-state index contributed by atoms with van der Waals surface area (Å²) in [6, 6.07) is 17.9. The molecule has 49 heavy (non-hydrogen) atoms. The highest BCUT2D eigenvalue weighted by Crippen LogP contribution is 2.37. The van der Waals surface area contributed by atoms with Gasteiger partial charge in [0.05, 0.1) is 30.9 Å². The zero-order chi connectivity index (χ0) is 35.9. The molecule has 0 fully saturated rings. The van der Waals surface area contributed by atoms with Gasteiger partial charge in [0.1, 0.15) is 58.6 Å². The van der Waals surface area contributed by atoms with Crippen LogP contribution in [0.4, 0.5) is 5.82 Å². The molecule has 16 heteroatoms. The van der Waals surface area contributed by atoms with E-state index in [-0.39, 0.29) is 29.3 Å². The van der Waals surface area contributed by atoms with Crippen LogP contribution in [0.3, 0.4) is 0 Å². The fourth-order valence-electron chi connectivity index (χ4n) is 3.89.